The molecule has 1 saturated carbocycles. The summed E-state index contributed by atoms with van der Waals surface area (Å²) in [6, 6.07) is 10.1. The number of hydrogen-bond acceptors (Lipinski definition) is 4. The molecule has 1 amide bonds. The summed E-state index contributed by atoms with van der Waals surface area (Å²) >= 11 is 1.50. The van der Waals surface area contributed by atoms with Crippen LogP contribution in [-0.4, -0.2) is 23.5 Å². The molecule has 2 unspecified atom stereocenters. The summed E-state index contributed by atoms with van der Waals surface area (Å²) in [5.41, 5.74) is 7.37. The molecule has 1 aliphatic rings. The Bertz CT molecular complexity index is 626. The van der Waals surface area contributed by atoms with E-state index in [-0.39, 0.29) is 11.9 Å². The number of carbonyl (C=O) groups excluding carboxylic acids is 1. The lowest BCUT2D eigenvalue weighted by Gasteiger charge is -2.31. The first-order valence-corrected chi connectivity index (χ1v) is 8.68. The van der Waals surface area contributed by atoms with Gasteiger partial charge in [0.1, 0.15) is 10.7 Å². The molecule has 1 heterocycles. The van der Waals surface area contributed by atoms with Crippen LogP contribution in [-0.2, 0) is 0 Å². The average molecular weight is 315 g/mol. The first kappa shape index (κ1) is 15.2. The van der Waals surface area contributed by atoms with Crippen molar-refractivity contribution >= 4 is 17.2 Å². The fourth-order valence-corrected chi connectivity index (χ4v) is 3.82. The van der Waals surface area contributed by atoms with Crippen LogP contribution in [0.2, 0.25) is 0 Å². The van der Waals surface area contributed by atoms with Crippen LogP contribution in [0.15, 0.2) is 35.7 Å². The molecule has 1 fully saturated rings. The maximum absolute atomic E-state index is 12.4. The normalized spacial score (nSPS) is 21.5. The zero-order valence-electron chi connectivity index (χ0n) is 12.5. The Hall–Kier alpha value is -1.72. The van der Waals surface area contributed by atoms with Gasteiger partial charge in [0.05, 0.1) is 0 Å². The second-order valence-corrected chi connectivity index (χ2v) is 6.62. The first-order valence-electron chi connectivity index (χ1n) is 7.80. The lowest BCUT2D eigenvalue weighted by molar-refractivity contribution is 0.0904. The van der Waals surface area contributed by atoms with Crippen molar-refractivity contribution in [3.8, 4) is 10.6 Å². The lowest BCUT2D eigenvalue weighted by Crippen LogP contribution is -2.44. The predicted octanol–water partition coefficient (Wildman–Crippen LogP) is 3.06. The van der Waals surface area contributed by atoms with E-state index in [0.29, 0.717) is 18.2 Å². The second kappa shape index (κ2) is 7.03. The van der Waals surface area contributed by atoms with Gasteiger partial charge in [-0.25, -0.2) is 4.98 Å². The van der Waals surface area contributed by atoms with E-state index < -0.39 is 0 Å². The fraction of sp³-hybridized carbons (Fsp3) is 0.412. The minimum Gasteiger partial charge on any atom is -0.348 e. The van der Waals surface area contributed by atoms with E-state index in [1.165, 1.54) is 17.8 Å². The van der Waals surface area contributed by atoms with Crippen molar-refractivity contribution in [2.45, 2.75) is 31.7 Å². The summed E-state index contributed by atoms with van der Waals surface area (Å²) in [6.07, 6.45) is 4.49. The van der Waals surface area contributed by atoms with Crippen LogP contribution in [0.4, 0.5) is 0 Å². The Morgan fingerprint density at radius 2 is 2.05 bits per heavy atom. The molecule has 2 aromatic rings. The third-order valence-corrected chi connectivity index (χ3v) is 5.18. The molecule has 5 heteroatoms. The summed E-state index contributed by atoms with van der Waals surface area (Å²) in [5.74, 6) is 0.314. The summed E-state index contributed by atoms with van der Waals surface area (Å²) in [5, 5.41) is 5.84. The maximum Gasteiger partial charge on any atom is 0.271 e. The monoisotopic (exact) mass is 315 g/mol. The molecule has 2 atom stereocenters. The predicted molar refractivity (Wildman–Crippen MR) is 89.8 cm³/mol. The Kier molecular flexibility index (Phi) is 4.85. The van der Waals surface area contributed by atoms with Gasteiger partial charge in [-0.15, -0.1) is 11.3 Å². The van der Waals surface area contributed by atoms with Gasteiger partial charge in [0.15, 0.2) is 0 Å². The largest absolute Gasteiger partial charge is 0.348 e. The van der Waals surface area contributed by atoms with E-state index in [1.807, 2.05) is 35.7 Å². The molecule has 0 aliphatic heterocycles. The number of nitrogens with zero attached hydrogens (tertiary/aromatic N) is 1. The third kappa shape index (κ3) is 3.36. The van der Waals surface area contributed by atoms with Gasteiger partial charge in [0.25, 0.3) is 5.91 Å². The van der Waals surface area contributed by atoms with Gasteiger partial charge in [-0.05, 0) is 25.3 Å². The standard InChI is InChI=1S/C17H21N3OS/c18-10-13-8-4-5-9-14(13)19-16(21)15-11-22-17(20-15)12-6-2-1-3-7-12/h1-3,6-7,11,13-14H,4-5,8-10,18H2,(H,19,21). The molecular formula is C17H21N3OS. The number of nitrogens with one attached hydrogen (secondary N) is 1. The van der Waals surface area contributed by atoms with Crippen molar-refractivity contribution in [2.75, 3.05) is 6.54 Å². The van der Waals surface area contributed by atoms with E-state index in [2.05, 4.69) is 10.3 Å². The molecule has 4 nitrogen and oxygen atoms in total. The molecular weight excluding hydrogens is 294 g/mol. The van der Waals surface area contributed by atoms with Crippen LogP contribution in [0, 0.1) is 5.92 Å². The van der Waals surface area contributed by atoms with E-state index in [1.54, 1.807) is 0 Å². The van der Waals surface area contributed by atoms with Crippen molar-refractivity contribution in [3.63, 3.8) is 0 Å². The van der Waals surface area contributed by atoms with Crippen molar-refractivity contribution in [1.29, 1.82) is 0 Å². The lowest BCUT2D eigenvalue weighted by atomic mass is 9.84. The van der Waals surface area contributed by atoms with Gasteiger partial charge < -0.3 is 11.1 Å². The summed E-state index contributed by atoms with van der Waals surface area (Å²) in [6.45, 7) is 0.636. The topological polar surface area (TPSA) is 68.0 Å². The van der Waals surface area contributed by atoms with Crippen molar-refractivity contribution in [3.05, 3.63) is 41.4 Å². The highest BCUT2D eigenvalue weighted by Crippen LogP contribution is 2.25. The summed E-state index contributed by atoms with van der Waals surface area (Å²) in [7, 11) is 0. The van der Waals surface area contributed by atoms with Crippen molar-refractivity contribution < 1.29 is 4.79 Å². The zero-order chi connectivity index (χ0) is 15.4. The molecule has 3 rings (SSSR count). The minimum absolute atomic E-state index is 0.0798. The highest BCUT2D eigenvalue weighted by atomic mass is 32.1. The molecule has 0 bridgehead atoms. The Morgan fingerprint density at radius 3 is 2.82 bits per heavy atom. The number of benzene rings is 1. The van der Waals surface area contributed by atoms with Crippen molar-refractivity contribution in [1.82, 2.24) is 10.3 Å². The average Bonchev–Trinajstić information content (AvgIpc) is 3.06. The third-order valence-electron chi connectivity index (χ3n) is 4.29. The van der Waals surface area contributed by atoms with Crippen molar-refractivity contribution in [2.24, 2.45) is 11.7 Å². The Morgan fingerprint density at radius 1 is 1.27 bits per heavy atom. The molecule has 3 N–H and O–H groups in total. The SMILES string of the molecule is NCC1CCCCC1NC(=O)c1csc(-c2ccccc2)n1. The molecule has 1 aliphatic carbocycles. The number of nitrogens with two attached hydrogens (primary N) is 1. The quantitative estimate of drug-likeness (QED) is 0.911. The molecule has 0 radical (unpaired) electrons. The Labute approximate surface area is 134 Å². The van der Waals surface area contributed by atoms with E-state index in [0.717, 1.165) is 29.8 Å². The molecule has 116 valence electrons. The van der Waals surface area contributed by atoms with Gasteiger partial charge in [0, 0.05) is 17.0 Å². The number of aromatic nitrogens is 1. The minimum atomic E-state index is -0.0798. The number of hydrogen-bond donors (Lipinski definition) is 2. The van der Waals surface area contributed by atoms with E-state index in [9.17, 15) is 4.79 Å². The molecule has 1 aromatic heterocycles. The Balaban J connectivity index is 1.69. The number of carbonyl (C=O) groups is 1. The molecule has 22 heavy (non-hydrogen) atoms. The van der Waals surface area contributed by atoms with Gasteiger partial charge in [-0.2, -0.15) is 0 Å². The van der Waals surface area contributed by atoms with Crippen LogP contribution >= 0.6 is 11.3 Å². The van der Waals surface area contributed by atoms with Gasteiger partial charge in [-0.3, -0.25) is 4.79 Å². The van der Waals surface area contributed by atoms with Crippen LogP contribution in [0.5, 0.6) is 0 Å². The van der Waals surface area contributed by atoms with Gasteiger partial charge in [0.2, 0.25) is 0 Å². The molecule has 0 spiro atoms. The maximum atomic E-state index is 12.4. The van der Waals surface area contributed by atoms with E-state index >= 15 is 0 Å². The summed E-state index contributed by atoms with van der Waals surface area (Å²) < 4.78 is 0. The van der Waals surface area contributed by atoms with Crippen LogP contribution < -0.4 is 11.1 Å². The summed E-state index contributed by atoms with van der Waals surface area (Å²) in [4.78, 5) is 16.9. The van der Waals surface area contributed by atoms with Gasteiger partial charge in [-0.1, -0.05) is 43.2 Å². The first-order chi connectivity index (χ1) is 10.8. The fourth-order valence-electron chi connectivity index (χ4n) is 3.01. The highest BCUT2D eigenvalue weighted by molar-refractivity contribution is 7.13. The van der Waals surface area contributed by atoms with Gasteiger partial charge >= 0.3 is 0 Å². The molecule has 0 saturated heterocycles. The van der Waals surface area contributed by atoms with Crippen LogP contribution in [0.1, 0.15) is 36.2 Å². The number of rotatable bonds is 4. The smallest absolute Gasteiger partial charge is 0.271 e. The highest BCUT2D eigenvalue weighted by Gasteiger charge is 2.26. The zero-order valence-corrected chi connectivity index (χ0v) is 13.3. The number of amides is 1. The van der Waals surface area contributed by atoms with E-state index in [4.69, 9.17) is 5.73 Å². The number of thiazole rings is 1. The second-order valence-electron chi connectivity index (χ2n) is 5.76. The van der Waals surface area contributed by atoms with Crippen LogP contribution in [0.25, 0.3) is 10.6 Å². The molecule has 1 aromatic carbocycles. The van der Waals surface area contributed by atoms with Crippen LogP contribution in [0.3, 0.4) is 0 Å².